The Balaban J connectivity index is 1.03. The summed E-state index contributed by atoms with van der Waals surface area (Å²) in [7, 11) is 4.10. The quantitative estimate of drug-likeness (QED) is 0.144. The molecule has 3 N–H and O–H groups in total. The monoisotopic (exact) mass is 745 g/mol. The summed E-state index contributed by atoms with van der Waals surface area (Å²) in [5.74, 6) is 2.37. The number of benzene rings is 4. The molecule has 6 aromatic rings. The lowest BCUT2D eigenvalue weighted by Crippen LogP contribution is -2.47. The van der Waals surface area contributed by atoms with Crippen LogP contribution in [0.3, 0.4) is 0 Å². The van der Waals surface area contributed by atoms with E-state index in [2.05, 4.69) is 108 Å². The summed E-state index contributed by atoms with van der Waals surface area (Å²) < 4.78 is 0. The molecule has 0 bridgehead atoms. The Bertz CT molecular complexity index is 2450. The van der Waals surface area contributed by atoms with Crippen molar-refractivity contribution in [2.75, 3.05) is 27.2 Å². The molecule has 4 aliphatic rings. The molecule has 8 nitrogen and oxygen atoms in total. The molecule has 10 rings (SSSR count). The summed E-state index contributed by atoms with van der Waals surface area (Å²) in [6.07, 6.45) is 13.8. The van der Waals surface area contributed by atoms with Crippen LogP contribution in [0.15, 0.2) is 72.9 Å². The molecule has 56 heavy (non-hydrogen) atoms. The van der Waals surface area contributed by atoms with E-state index in [4.69, 9.17) is 9.97 Å². The van der Waals surface area contributed by atoms with Crippen molar-refractivity contribution in [2.24, 2.45) is 5.92 Å². The zero-order valence-electron chi connectivity index (χ0n) is 33.4. The standard InChI is InChI=1S/C48H55N7O/c1-29(2)44(49-3)47(56)55-26-10-14-42(55)45-50-28-40(53-45)36-19-18-34(32-11-5-6-12-33(32)36)35-17-16-31(43-37(35)21-24-48(43)22-7-8-23-48)30-15-20-38-39(27-30)52-46(51-38)41-13-9-25-54(41)4/h5-6,11-12,15-20,27-29,41-42,44,49H,7-10,13-14,21-26H2,1-4H3,(H,50,53)(H,51,52). The highest BCUT2D eigenvalue weighted by Crippen LogP contribution is 2.56. The van der Waals surface area contributed by atoms with Crippen LogP contribution in [0.4, 0.5) is 0 Å². The van der Waals surface area contributed by atoms with Crippen LogP contribution in [0.25, 0.3) is 55.3 Å². The van der Waals surface area contributed by atoms with Gasteiger partial charge in [-0.1, -0.05) is 81.3 Å². The van der Waals surface area contributed by atoms with E-state index in [0.717, 1.165) is 72.7 Å². The van der Waals surface area contributed by atoms with E-state index < -0.39 is 0 Å². The Hall–Kier alpha value is -4.79. The van der Waals surface area contributed by atoms with E-state index in [1.807, 2.05) is 18.1 Å². The zero-order chi connectivity index (χ0) is 38.1. The highest BCUT2D eigenvalue weighted by atomic mass is 16.2. The minimum absolute atomic E-state index is 0.0366. The molecular weight excluding hydrogens is 691 g/mol. The number of carbonyl (C=O) groups excluding carboxylic acids is 1. The van der Waals surface area contributed by atoms with Gasteiger partial charge in [-0.05, 0) is 140 Å². The van der Waals surface area contributed by atoms with Gasteiger partial charge < -0.3 is 20.2 Å². The molecule has 0 radical (unpaired) electrons. The molecule has 288 valence electrons. The first-order chi connectivity index (χ1) is 27.3. The SMILES string of the molecule is CNC(C(=O)N1CCCC1c1ncc(-c2ccc(-c3ccc(-c4ccc5nc(C6CCCN6C)[nH]c5c4)c4c3CCC43CCCC3)c3ccccc23)[nH]1)C(C)C. The van der Waals surface area contributed by atoms with Gasteiger partial charge >= 0.3 is 0 Å². The van der Waals surface area contributed by atoms with Crippen LogP contribution in [0.1, 0.15) is 106 Å². The van der Waals surface area contributed by atoms with Crippen LogP contribution in [-0.2, 0) is 16.6 Å². The van der Waals surface area contributed by atoms with Gasteiger partial charge in [0.25, 0.3) is 0 Å². The lowest BCUT2D eigenvalue weighted by Gasteiger charge is -2.29. The van der Waals surface area contributed by atoms with Gasteiger partial charge in [-0.15, -0.1) is 0 Å². The second kappa shape index (κ2) is 14.0. The molecule has 3 atom stereocenters. The van der Waals surface area contributed by atoms with Gasteiger partial charge in [-0.2, -0.15) is 0 Å². The summed E-state index contributed by atoms with van der Waals surface area (Å²) in [4.78, 5) is 35.5. The summed E-state index contributed by atoms with van der Waals surface area (Å²) >= 11 is 0. The molecule has 2 saturated heterocycles. The highest BCUT2D eigenvalue weighted by molar-refractivity contribution is 6.05. The number of amides is 1. The Morgan fingerprint density at radius 1 is 0.821 bits per heavy atom. The van der Waals surface area contributed by atoms with Crippen molar-refractivity contribution >= 4 is 27.7 Å². The van der Waals surface area contributed by atoms with Crippen molar-refractivity contribution in [3.8, 4) is 33.5 Å². The first-order valence-electron chi connectivity index (χ1n) is 21.3. The number of nitrogens with one attached hydrogen (secondary N) is 3. The van der Waals surface area contributed by atoms with Gasteiger partial charge in [-0.3, -0.25) is 9.69 Å². The van der Waals surface area contributed by atoms with Crippen LogP contribution in [0.2, 0.25) is 0 Å². The molecule has 4 heterocycles. The number of imidazole rings is 2. The summed E-state index contributed by atoms with van der Waals surface area (Å²) in [5.41, 5.74) is 13.1. The minimum atomic E-state index is -0.197. The third-order valence-corrected chi connectivity index (χ3v) is 14.1. The summed E-state index contributed by atoms with van der Waals surface area (Å²) in [6.45, 7) is 6.11. The van der Waals surface area contributed by atoms with E-state index in [9.17, 15) is 4.79 Å². The second-order valence-corrected chi connectivity index (χ2v) is 17.6. The third kappa shape index (κ3) is 5.74. The number of likely N-dealkylation sites (N-methyl/N-ethyl adjacent to an activating group) is 1. The van der Waals surface area contributed by atoms with Gasteiger partial charge in [0.05, 0.1) is 41.0 Å². The summed E-state index contributed by atoms with van der Waals surface area (Å²) in [6, 6.07) is 25.4. The number of carbonyl (C=O) groups is 1. The normalized spacial score (nSPS) is 21.3. The Morgan fingerprint density at radius 2 is 1.55 bits per heavy atom. The smallest absolute Gasteiger partial charge is 0.240 e. The van der Waals surface area contributed by atoms with Crippen molar-refractivity contribution in [2.45, 2.75) is 102 Å². The van der Waals surface area contributed by atoms with Crippen molar-refractivity contribution in [1.29, 1.82) is 0 Å². The average molecular weight is 746 g/mol. The van der Waals surface area contributed by atoms with Gasteiger partial charge in [0.2, 0.25) is 5.91 Å². The van der Waals surface area contributed by atoms with Crippen molar-refractivity contribution in [3.05, 3.63) is 95.7 Å². The fraction of sp³-hybridized carbons (Fsp3) is 0.438. The van der Waals surface area contributed by atoms with Crippen molar-refractivity contribution < 1.29 is 4.79 Å². The molecule has 3 fully saturated rings. The second-order valence-electron chi connectivity index (χ2n) is 17.6. The van der Waals surface area contributed by atoms with Gasteiger partial charge in [0, 0.05) is 12.1 Å². The van der Waals surface area contributed by atoms with E-state index >= 15 is 0 Å². The van der Waals surface area contributed by atoms with Crippen molar-refractivity contribution in [1.82, 2.24) is 35.1 Å². The lowest BCUT2D eigenvalue weighted by atomic mass is 9.76. The van der Waals surface area contributed by atoms with Gasteiger partial charge in [-0.25, -0.2) is 9.97 Å². The topological polar surface area (TPSA) is 92.9 Å². The molecule has 4 aromatic carbocycles. The number of hydrogen-bond donors (Lipinski definition) is 3. The number of fused-ring (bicyclic) bond motifs is 4. The van der Waals surface area contributed by atoms with E-state index in [-0.39, 0.29) is 29.3 Å². The molecule has 1 amide bonds. The van der Waals surface area contributed by atoms with E-state index in [0.29, 0.717) is 6.04 Å². The fourth-order valence-corrected chi connectivity index (χ4v) is 11.3. The lowest BCUT2D eigenvalue weighted by molar-refractivity contribution is -0.135. The molecule has 2 aliphatic carbocycles. The van der Waals surface area contributed by atoms with E-state index in [1.165, 1.54) is 77.1 Å². The average Bonchev–Trinajstić information content (AvgIpc) is 4.07. The maximum atomic E-state index is 13.6. The number of likely N-dealkylation sites (tertiary alicyclic amines) is 2. The first-order valence-corrected chi connectivity index (χ1v) is 21.3. The molecule has 8 heteroatoms. The van der Waals surface area contributed by atoms with Crippen LogP contribution in [0.5, 0.6) is 0 Å². The Kier molecular flexibility index (Phi) is 8.90. The predicted molar refractivity (Wildman–Crippen MR) is 226 cm³/mol. The summed E-state index contributed by atoms with van der Waals surface area (Å²) in [5, 5.41) is 5.73. The minimum Gasteiger partial charge on any atom is -0.341 e. The molecule has 3 unspecified atom stereocenters. The van der Waals surface area contributed by atoms with Gasteiger partial charge in [0.1, 0.15) is 11.6 Å². The fourth-order valence-electron chi connectivity index (χ4n) is 11.3. The van der Waals surface area contributed by atoms with Gasteiger partial charge in [0.15, 0.2) is 0 Å². The number of nitrogens with zero attached hydrogens (tertiary/aromatic N) is 4. The van der Waals surface area contributed by atoms with Crippen LogP contribution >= 0.6 is 0 Å². The maximum absolute atomic E-state index is 13.6. The highest BCUT2D eigenvalue weighted by Gasteiger charge is 2.44. The largest absolute Gasteiger partial charge is 0.341 e. The maximum Gasteiger partial charge on any atom is 0.240 e. The number of H-pyrrole nitrogens is 2. The van der Waals surface area contributed by atoms with Crippen LogP contribution in [-0.4, -0.2) is 68.9 Å². The van der Waals surface area contributed by atoms with Crippen molar-refractivity contribution in [3.63, 3.8) is 0 Å². The molecular formula is C48H55N7O. The number of hydrogen-bond acceptors (Lipinski definition) is 5. The predicted octanol–water partition coefficient (Wildman–Crippen LogP) is 9.87. The molecule has 2 aliphatic heterocycles. The third-order valence-electron chi connectivity index (χ3n) is 14.1. The first kappa shape index (κ1) is 35.6. The molecule has 2 aromatic heterocycles. The Labute approximate surface area is 330 Å². The zero-order valence-corrected chi connectivity index (χ0v) is 33.4. The van der Waals surface area contributed by atoms with Crippen LogP contribution < -0.4 is 5.32 Å². The van der Waals surface area contributed by atoms with Crippen LogP contribution in [0, 0.1) is 5.92 Å². The molecule has 1 spiro atoms. The number of aromatic amines is 2. The molecule has 1 saturated carbocycles. The number of aromatic nitrogens is 4. The van der Waals surface area contributed by atoms with E-state index in [1.54, 1.807) is 5.56 Å². The Morgan fingerprint density at radius 3 is 2.32 bits per heavy atom. The number of rotatable bonds is 8.